The number of nitrogens with one attached hydrogen (secondary N) is 2. The molecular formula is C28H28N6OS. The molecule has 1 aliphatic rings. The monoisotopic (exact) mass is 496 g/mol. The zero-order valence-electron chi connectivity index (χ0n) is 20.3. The number of carbonyl (C=O) groups is 1. The third-order valence-corrected chi connectivity index (χ3v) is 6.85. The summed E-state index contributed by atoms with van der Waals surface area (Å²) in [7, 11) is 0. The molecule has 0 unspecified atom stereocenters. The van der Waals surface area contributed by atoms with Crippen molar-refractivity contribution in [2.24, 2.45) is 0 Å². The summed E-state index contributed by atoms with van der Waals surface area (Å²) in [6.07, 6.45) is 3.90. The fourth-order valence-electron chi connectivity index (χ4n) is 4.88. The third kappa shape index (κ3) is 4.72. The molecule has 1 aromatic carbocycles. The lowest BCUT2D eigenvalue weighted by molar-refractivity contribution is -0.116. The second-order valence-electron chi connectivity index (χ2n) is 8.83. The van der Waals surface area contributed by atoms with Crippen molar-refractivity contribution in [2.75, 3.05) is 11.9 Å². The predicted octanol–water partition coefficient (Wildman–Crippen LogP) is 4.89. The number of anilines is 1. The van der Waals surface area contributed by atoms with Gasteiger partial charge in [-0.25, -0.2) is 4.98 Å². The number of thiocarbonyl (C=S) groups is 1. The van der Waals surface area contributed by atoms with Crippen LogP contribution >= 0.6 is 12.2 Å². The Kier molecular flexibility index (Phi) is 6.77. The second kappa shape index (κ2) is 10.3. The van der Waals surface area contributed by atoms with Crippen molar-refractivity contribution in [1.29, 1.82) is 0 Å². The average molecular weight is 497 g/mol. The number of aromatic nitrogens is 3. The number of rotatable bonds is 7. The van der Waals surface area contributed by atoms with Crippen molar-refractivity contribution in [3.05, 3.63) is 108 Å². The molecule has 0 aliphatic carbocycles. The van der Waals surface area contributed by atoms with E-state index in [0.29, 0.717) is 18.1 Å². The highest BCUT2D eigenvalue weighted by Gasteiger charge is 2.41. The van der Waals surface area contributed by atoms with E-state index in [9.17, 15) is 4.79 Å². The van der Waals surface area contributed by atoms with E-state index in [0.717, 1.165) is 34.2 Å². The van der Waals surface area contributed by atoms with Crippen molar-refractivity contribution in [3.8, 4) is 5.82 Å². The number of nitrogens with zero attached hydrogens (tertiary/aromatic N) is 4. The van der Waals surface area contributed by atoms with Gasteiger partial charge in [0, 0.05) is 42.4 Å². The van der Waals surface area contributed by atoms with Crippen LogP contribution in [0.15, 0.2) is 85.2 Å². The summed E-state index contributed by atoms with van der Waals surface area (Å²) >= 11 is 5.79. The topological polar surface area (TPSA) is 75.1 Å². The second-order valence-corrected chi connectivity index (χ2v) is 9.22. The maximum atomic E-state index is 12.8. The first-order chi connectivity index (χ1) is 17.5. The number of pyridine rings is 2. The van der Waals surface area contributed by atoms with E-state index in [-0.39, 0.29) is 18.0 Å². The molecule has 2 atom stereocenters. The predicted molar refractivity (Wildman–Crippen MR) is 145 cm³/mol. The fourth-order valence-corrected chi connectivity index (χ4v) is 5.21. The average Bonchev–Trinajstić information content (AvgIpc) is 3.38. The minimum atomic E-state index is -0.145. The van der Waals surface area contributed by atoms with Gasteiger partial charge >= 0.3 is 0 Å². The largest absolute Gasteiger partial charge is 0.352 e. The van der Waals surface area contributed by atoms with Crippen LogP contribution in [0.2, 0.25) is 0 Å². The van der Waals surface area contributed by atoms with Crippen LogP contribution in [0.25, 0.3) is 5.82 Å². The highest BCUT2D eigenvalue weighted by atomic mass is 32.1. The molecule has 1 aliphatic heterocycles. The molecule has 4 heterocycles. The molecule has 0 bridgehead atoms. The lowest BCUT2D eigenvalue weighted by atomic mass is 9.96. The molecule has 0 saturated carbocycles. The molecule has 4 aromatic rings. The van der Waals surface area contributed by atoms with Crippen LogP contribution in [0.5, 0.6) is 0 Å². The number of aryl methyl sites for hydroxylation is 1. The molecule has 1 saturated heterocycles. The van der Waals surface area contributed by atoms with Gasteiger partial charge in [-0.15, -0.1) is 0 Å². The molecular weight excluding hydrogens is 468 g/mol. The smallest absolute Gasteiger partial charge is 0.226 e. The molecule has 1 fully saturated rings. The third-order valence-electron chi connectivity index (χ3n) is 6.50. The van der Waals surface area contributed by atoms with Crippen molar-refractivity contribution >= 4 is 28.9 Å². The quantitative estimate of drug-likeness (QED) is 0.355. The van der Waals surface area contributed by atoms with Crippen LogP contribution in [0.1, 0.15) is 41.1 Å². The van der Waals surface area contributed by atoms with Crippen LogP contribution in [0.3, 0.4) is 0 Å². The molecule has 5 rings (SSSR count). The number of hydrogen-bond donors (Lipinski definition) is 2. The zero-order valence-corrected chi connectivity index (χ0v) is 21.1. The van der Waals surface area contributed by atoms with E-state index in [1.54, 1.807) is 12.4 Å². The summed E-state index contributed by atoms with van der Waals surface area (Å²) in [4.78, 5) is 24.1. The molecule has 8 heteroatoms. The number of carbonyl (C=O) groups excluding carboxylic acids is 1. The van der Waals surface area contributed by atoms with E-state index in [4.69, 9.17) is 12.2 Å². The van der Waals surface area contributed by atoms with Gasteiger partial charge < -0.3 is 20.1 Å². The summed E-state index contributed by atoms with van der Waals surface area (Å²) < 4.78 is 2.16. The Morgan fingerprint density at radius 3 is 2.42 bits per heavy atom. The van der Waals surface area contributed by atoms with Gasteiger partial charge in [0.1, 0.15) is 5.82 Å². The molecule has 7 nitrogen and oxygen atoms in total. The standard InChI is InChI=1S/C28H28N6OS/c1-19-18-22(20(2)34(19)24-13-7-9-16-30-24)27-26(23-12-6-8-15-29-23)32-28(36)33(27)17-14-25(35)31-21-10-4-3-5-11-21/h3-13,15-16,18,26-27H,14,17H2,1-2H3,(H,31,35)(H,32,36)/t26-,27+/m0/s1. The maximum absolute atomic E-state index is 12.8. The Hall–Kier alpha value is -4.04. The molecule has 3 aromatic heterocycles. The lowest BCUT2D eigenvalue weighted by Gasteiger charge is -2.28. The highest BCUT2D eigenvalue weighted by Crippen LogP contribution is 2.41. The van der Waals surface area contributed by atoms with E-state index in [2.05, 4.69) is 50.0 Å². The van der Waals surface area contributed by atoms with Crippen molar-refractivity contribution in [3.63, 3.8) is 0 Å². The van der Waals surface area contributed by atoms with Gasteiger partial charge in [-0.05, 0) is 74.1 Å². The lowest BCUT2D eigenvalue weighted by Crippen LogP contribution is -2.32. The van der Waals surface area contributed by atoms with Crippen molar-refractivity contribution in [1.82, 2.24) is 24.8 Å². The van der Waals surface area contributed by atoms with Gasteiger partial charge in [0.15, 0.2) is 5.11 Å². The number of para-hydroxylation sites is 1. The van der Waals surface area contributed by atoms with Gasteiger partial charge in [0.25, 0.3) is 0 Å². The Labute approximate surface area is 216 Å². The van der Waals surface area contributed by atoms with Gasteiger partial charge in [0.2, 0.25) is 5.91 Å². The summed E-state index contributed by atoms with van der Waals surface area (Å²) in [6.45, 7) is 4.67. The summed E-state index contributed by atoms with van der Waals surface area (Å²) in [5.41, 5.74) is 4.99. The molecule has 0 spiro atoms. The Bertz CT molecular complexity index is 1360. The molecule has 0 radical (unpaired) electrons. The van der Waals surface area contributed by atoms with Gasteiger partial charge in [-0.3, -0.25) is 9.78 Å². The molecule has 2 N–H and O–H groups in total. The van der Waals surface area contributed by atoms with Gasteiger partial charge in [0.05, 0.1) is 17.8 Å². The first kappa shape index (κ1) is 23.7. The number of hydrogen-bond acceptors (Lipinski definition) is 4. The summed E-state index contributed by atoms with van der Waals surface area (Å²) in [5, 5.41) is 7.06. The minimum absolute atomic E-state index is 0.0528. The molecule has 182 valence electrons. The van der Waals surface area contributed by atoms with Gasteiger partial charge in [-0.2, -0.15) is 0 Å². The number of amides is 1. The van der Waals surface area contributed by atoms with Crippen molar-refractivity contribution < 1.29 is 4.79 Å². The van der Waals surface area contributed by atoms with E-state index in [1.807, 2.05) is 66.7 Å². The van der Waals surface area contributed by atoms with E-state index >= 15 is 0 Å². The van der Waals surface area contributed by atoms with E-state index in [1.165, 1.54) is 0 Å². The summed E-state index contributed by atoms with van der Waals surface area (Å²) in [5.74, 6) is 0.818. The van der Waals surface area contributed by atoms with Crippen LogP contribution < -0.4 is 10.6 Å². The van der Waals surface area contributed by atoms with Crippen LogP contribution in [-0.2, 0) is 4.79 Å². The molecule has 1 amide bonds. The van der Waals surface area contributed by atoms with Crippen molar-refractivity contribution in [2.45, 2.75) is 32.4 Å². The first-order valence-electron chi connectivity index (χ1n) is 12.0. The number of benzene rings is 1. The Balaban J connectivity index is 1.47. The SMILES string of the molecule is Cc1cc([C@@H]2[C@H](c3ccccn3)NC(=S)N2CCC(=O)Nc2ccccc2)c(C)n1-c1ccccn1. The van der Waals surface area contributed by atoms with Gasteiger partial charge in [-0.1, -0.05) is 30.3 Å². The highest BCUT2D eigenvalue weighted by molar-refractivity contribution is 7.80. The minimum Gasteiger partial charge on any atom is -0.352 e. The van der Waals surface area contributed by atoms with E-state index < -0.39 is 0 Å². The fraction of sp³-hybridized carbons (Fsp3) is 0.214. The molecule has 36 heavy (non-hydrogen) atoms. The van der Waals surface area contributed by atoms with Crippen LogP contribution in [0.4, 0.5) is 5.69 Å². The normalized spacial score (nSPS) is 17.2. The van der Waals surface area contributed by atoms with Crippen LogP contribution in [-0.4, -0.2) is 37.0 Å². The first-order valence-corrected chi connectivity index (χ1v) is 12.4. The maximum Gasteiger partial charge on any atom is 0.226 e. The summed E-state index contributed by atoms with van der Waals surface area (Å²) in [6, 6.07) is 23.2. The Morgan fingerprint density at radius 1 is 1.00 bits per heavy atom. The van der Waals surface area contributed by atoms with Crippen LogP contribution in [0, 0.1) is 13.8 Å². The zero-order chi connectivity index (χ0) is 25.1. The Morgan fingerprint density at radius 2 is 1.72 bits per heavy atom.